The third kappa shape index (κ3) is 7.72. The van der Waals surface area contributed by atoms with E-state index in [9.17, 15) is 0 Å². The molecule has 0 fully saturated rings. The van der Waals surface area contributed by atoms with Gasteiger partial charge in [-0.25, -0.2) is 0 Å². The molecular weight excluding hydrogens is 803 g/mol. The van der Waals surface area contributed by atoms with E-state index >= 15 is 0 Å². The molecule has 2 atom stereocenters. The molecule has 268 valence electrons. The second-order valence-corrected chi connectivity index (χ2v) is 22.6. The summed E-state index contributed by atoms with van der Waals surface area (Å²) in [5.74, 6) is 0. The monoisotopic (exact) mass is 846 g/mol. The van der Waals surface area contributed by atoms with Crippen molar-refractivity contribution in [3.63, 3.8) is 0 Å². The number of benzene rings is 4. The van der Waals surface area contributed by atoms with Gasteiger partial charge in [0.1, 0.15) is 0 Å². The Hall–Kier alpha value is -2.78. The summed E-state index contributed by atoms with van der Waals surface area (Å²) in [5.41, 5.74) is 17.4. The van der Waals surface area contributed by atoms with Crippen LogP contribution in [0.4, 0.5) is 0 Å². The first-order valence-electron chi connectivity index (χ1n) is 18.2. The molecule has 0 amide bonds. The van der Waals surface area contributed by atoms with E-state index in [4.69, 9.17) is 0 Å². The van der Waals surface area contributed by atoms with Crippen LogP contribution in [0.2, 0.25) is 0 Å². The van der Waals surface area contributed by atoms with E-state index in [1.165, 1.54) is 86.3 Å². The Balaban J connectivity index is 0.00000240. The molecule has 53 heavy (non-hydrogen) atoms. The summed E-state index contributed by atoms with van der Waals surface area (Å²) in [7, 11) is 0. The summed E-state index contributed by atoms with van der Waals surface area (Å²) in [6, 6.07) is 42.3. The largest absolute Gasteiger partial charge is 1.00 e. The number of fused-ring (bicyclic) bond motifs is 2. The molecule has 2 heterocycles. The molecule has 0 bridgehead atoms. The van der Waals surface area contributed by atoms with Crippen LogP contribution in [0, 0.1) is 13.8 Å². The minimum Gasteiger partial charge on any atom is -1.00 e. The summed E-state index contributed by atoms with van der Waals surface area (Å²) in [4.78, 5) is 5.64. The predicted octanol–water partition coefficient (Wildman–Crippen LogP) is 8.34. The van der Waals surface area contributed by atoms with Crippen LogP contribution in [-0.2, 0) is 34.1 Å². The molecule has 8 rings (SSSR count). The summed E-state index contributed by atoms with van der Waals surface area (Å²) in [6.45, 7) is 18.3. The topological polar surface area (TPSA) is 0 Å². The first-order chi connectivity index (χ1) is 24.3. The molecular formula is C48H46Cl2S2Zr. The zero-order valence-electron chi connectivity index (χ0n) is 31.8. The van der Waals surface area contributed by atoms with Gasteiger partial charge in [0.15, 0.2) is 0 Å². The van der Waals surface area contributed by atoms with Crippen LogP contribution in [0.25, 0.3) is 45.6 Å². The van der Waals surface area contributed by atoms with E-state index in [-0.39, 0.29) is 35.6 Å². The van der Waals surface area contributed by atoms with Crippen LogP contribution in [0.15, 0.2) is 109 Å². The fraction of sp³-hybridized carbons (Fsp3) is 0.250. The summed E-state index contributed by atoms with van der Waals surface area (Å²) in [6.07, 6.45) is 5.14. The van der Waals surface area contributed by atoms with Gasteiger partial charge < -0.3 is 24.8 Å². The molecule has 2 aliphatic rings. The Morgan fingerprint density at radius 2 is 0.849 bits per heavy atom. The second-order valence-electron chi connectivity index (χ2n) is 16.3. The van der Waals surface area contributed by atoms with Gasteiger partial charge in [0.05, 0.1) is 0 Å². The molecule has 6 aromatic rings. The minimum atomic E-state index is -1.19. The Bertz CT molecular complexity index is 2160. The quantitative estimate of drug-likeness (QED) is 0.158. The number of hydrogen-bond acceptors (Lipinski definition) is 2. The predicted molar refractivity (Wildman–Crippen MR) is 220 cm³/mol. The molecule has 0 saturated heterocycles. The molecule has 2 aliphatic carbocycles. The fourth-order valence-electron chi connectivity index (χ4n) is 7.74. The van der Waals surface area contributed by atoms with E-state index in [1.54, 1.807) is 0 Å². The van der Waals surface area contributed by atoms with E-state index < -0.39 is 23.2 Å². The van der Waals surface area contributed by atoms with Crippen molar-refractivity contribution >= 4 is 46.0 Å². The molecule has 0 aliphatic heterocycles. The Morgan fingerprint density at radius 3 is 1.17 bits per heavy atom. The first-order valence-corrected chi connectivity index (χ1v) is 22.6. The molecule has 5 heteroatoms. The van der Waals surface area contributed by atoms with Crippen LogP contribution >= 0.6 is 22.7 Å². The maximum atomic E-state index is 2.57. The average Bonchev–Trinajstić information content (AvgIpc) is 3.90. The Labute approximate surface area is 348 Å². The van der Waals surface area contributed by atoms with Gasteiger partial charge in [-0.3, -0.25) is 0 Å². The SMILES string of the molecule is Cc1ccc(C2=Cc3c(-c4ccc(C(C)(C)C)cc4)cccc3[CH]2[Zr+2][CH]2C(c3ccc(C)s3)=Cc3c(-c4ccc(C(C)(C)C)cc4)cccc32)s1.[Cl-].[Cl-]. The van der Waals surface area contributed by atoms with Crippen molar-refractivity contribution in [1.82, 2.24) is 0 Å². The summed E-state index contributed by atoms with van der Waals surface area (Å²) >= 11 is 2.73. The molecule has 0 nitrogen and oxygen atoms in total. The number of halogens is 2. The molecule has 0 radical (unpaired) electrons. The molecule has 0 N–H and O–H groups in total. The zero-order chi connectivity index (χ0) is 35.7. The van der Waals surface area contributed by atoms with Crippen molar-refractivity contribution in [2.45, 2.75) is 73.5 Å². The van der Waals surface area contributed by atoms with Crippen LogP contribution in [0.5, 0.6) is 0 Å². The molecule has 2 aromatic heterocycles. The molecule has 2 unspecified atom stereocenters. The summed E-state index contributed by atoms with van der Waals surface area (Å²) < 4.78 is 0.927. The minimum absolute atomic E-state index is 0. The number of rotatable bonds is 6. The van der Waals surface area contributed by atoms with E-state index in [0.29, 0.717) is 7.25 Å². The van der Waals surface area contributed by atoms with Crippen molar-refractivity contribution in [2.75, 3.05) is 0 Å². The zero-order valence-corrected chi connectivity index (χ0v) is 37.4. The molecule has 4 aromatic carbocycles. The number of allylic oxidation sites excluding steroid dienone is 2. The summed E-state index contributed by atoms with van der Waals surface area (Å²) in [5, 5.41) is 0. The fourth-order valence-corrected chi connectivity index (χ4v) is 15.1. The van der Waals surface area contributed by atoms with Gasteiger partial charge in [-0.1, -0.05) is 0 Å². The van der Waals surface area contributed by atoms with Crippen molar-refractivity contribution < 1.29 is 48.0 Å². The maximum absolute atomic E-state index is 2.57. The first kappa shape index (κ1) is 39.9. The smallest absolute Gasteiger partial charge is 1.00 e. The van der Waals surface area contributed by atoms with Crippen molar-refractivity contribution in [3.8, 4) is 22.3 Å². The van der Waals surface area contributed by atoms with Gasteiger partial charge in [0.2, 0.25) is 0 Å². The van der Waals surface area contributed by atoms with E-state index in [2.05, 4.69) is 177 Å². The van der Waals surface area contributed by atoms with Crippen LogP contribution in [-0.4, -0.2) is 0 Å². The molecule has 0 spiro atoms. The van der Waals surface area contributed by atoms with Gasteiger partial charge in [-0.15, -0.1) is 0 Å². The van der Waals surface area contributed by atoms with Gasteiger partial charge >= 0.3 is 327 Å². The van der Waals surface area contributed by atoms with E-state index in [1.807, 2.05) is 22.7 Å². The van der Waals surface area contributed by atoms with E-state index in [0.717, 1.165) is 0 Å². The van der Waals surface area contributed by atoms with Crippen LogP contribution in [0.3, 0.4) is 0 Å². The normalized spacial score (nSPS) is 16.2. The van der Waals surface area contributed by atoms with Crippen molar-refractivity contribution in [2.24, 2.45) is 0 Å². The molecule has 0 saturated carbocycles. The van der Waals surface area contributed by atoms with Gasteiger partial charge in [0.25, 0.3) is 0 Å². The Kier molecular flexibility index (Phi) is 11.6. The third-order valence-corrected chi connectivity index (χ3v) is 17.4. The standard InChI is InChI=1S/2C24H23S.2ClH.Zr/c2*1-16-8-13-23(25-16)19-14-18-6-5-7-21(22(18)15-19)17-9-11-20(12-10-17)24(2,3)4;;;/h2*5-15H,1-4H3;2*1H;/q;;;;+2/p-2. The third-order valence-electron chi connectivity index (χ3n) is 10.6. The number of aryl methyl sites for hydroxylation is 2. The van der Waals surface area contributed by atoms with Crippen molar-refractivity contribution in [1.29, 1.82) is 0 Å². The second kappa shape index (κ2) is 15.4. The van der Waals surface area contributed by atoms with Crippen molar-refractivity contribution in [3.05, 3.63) is 162 Å². The van der Waals surface area contributed by atoms with Gasteiger partial charge in [0, 0.05) is 0 Å². The number of hydrogen-bond donors (Lipinski definition) is 0. The van der Waals surface area contributed by atoms with Gasteiger partial charge in [-0.05, 0) is 0 Å². The van der Waals surface area contributed by atoms with Gasteiger partial charge in [-0.2, -0.15) is 0 Å². The average molecular weight is 849 g/mol. The Morgan fingerprint density at radius 1 is 0.472 bits per heavy atom. The van der Waals surface area contributed by atoms with Crippen LogP contribution < -0.4 is 24.8 Å². The number of thiophene rings is 2. The van der Waals surface area contributed by atoms with Crippen LogP contribution in [0.1, 0.15) is 102 Å². The maximum Gasteiger partial charge on any atom is -1.00 e.